The molecule has 0 unspecified atom stereocenters. The third-order valence-electron chi connectivity index (χ3n) is 6.31. The number of likely N-dealkylation sites (N-methyl/N-ethyl adjacent to an activating group) is 1. The van der Waals surface area contributed by atoms with Crippen molar-refractivity contribution in [3.63, 3.8) is 0 Å². The lowest BCUT2D eigenvalue weighted by Gasteiger charge is -2.28. The second kappa shape index (κ2) is 9.38. The van der Waals surface area contributed by atoms with Gasteiger partial charge in [0.2, 0.25) is 10.0 Å². The number of ether oxygens (including phenoxy) is 1. The van der Waals surface area contributed by atoms with Gasteiger partial charge in [-0.15, -0.1) is 11.3 Å². The Labute approximate surface area is 204 Å². The Morgan fingerprint density at radius 3 is 2.47 bits per heavy atom. The standard InChI is InChI=1S/C23H30N4O5S2/c1-5-26-11-10-17-18(12-26)33-22(19(17)21(29)24-4)25-20(28)15-6-8-16(9-7-15)34(30,31)27-14-32-13-23(27,2)3/h6-9H,5,10-14H2,1-4H3,(H,24,29)(H,25,28). The fourth-order valence-corrected chi connectivity index (χ4v) is 7.21. The van der Waals surface area contributed by atoms with Crippen LogP contribution in [-0.4, -0.2) is 68.5 Å². The SMILES string of the molecule is CCN1CCc2c(sc(NC(=O)c3ccc(S(=O)(=O)N4COCC4(C)C)cc3)c2C(=O)NC)C1. The van der Waals surface area contributed by atoms with Crippen molar-refractivity contribution in [3.05, 3.63) is 45.8 Å². The van der Waals surface area contributed by atoms with Crippen molar-refractivity contribution in [2.24, 2.45) is 0 Å². The van der Waals surface area contributed by atoms with Gasteiger partial charge in [0.25, 0.3) is 11.8 Å². The predicted molar refractivity (Wildman–Crippen MR) is 131 cm³/mol. The molecule has 2 N–H and O–H groups in total. The first-order valence-electron chi connectivity index (χ1n) is 11.2. The minimum Gasteiger partial charge on any atom is -0.363 e. The molecule has 0 bridgehead atoms. The van der Waals surface area contributed by atoms with Gasteiger partial charge >= 0.3 is 0 Å². The number of hydrogen-bond donors (Lipinski definition) is 2. The van der Waals surface area contributed by atoms with Crippen molar-refractivity contribution in [1.82, 2.24) is 14.5 Å². The second-order valence-electron chi connectivity index (χ2n) is 9.03. The maximum Gasteiger partial charge on any atom is 0.256 e. The number of amides is 2. The molecule has 0 spiro atoms. The molecule has 3 heterocycles. The normalized spacial score (nSPS) is 18.5. The zero-order chi connectivity index (χ0) is 24.7. The van der Waals surface area contributed by atoms with Crippen LogP contribution in [0.4, 0.5) is 5.00 Å². The summed E-state index contributed by atoms with van der Waals surface area (Å²) in [7, 11) is -2.18. The number of carbonyl (C=O) groups excluding carboxylic acids is 2. The van der Waals surface area contributed by atoms with Gasteiger partial charge in [-0.25, -0.2) is 8.42 Å². The molecule has 1 saturated heterocycles. The highest BCUT2D eigenvalue weighted by Gasteiger charge is 2.42. The summed E-state index contributed by atoms with van der Waals surface area (Å²) in [5.74, 6) is -0.625. The Hall–Kier alpha value is -2.31. The first kappa shape index (κ1) is 24.8. The van der Waals surface area contributed by atoms with Gasteiger partial charge in [-0.3, -0.25) is 14.5 Å². The van der Waals surface area contributed by atoms with Crippen LogP contribution in [0.3, 0.4) is 0 Å². The lowest BCUT2D eigenvalue weighted by Crippen LogP contribution is -2.44. The van der Waals surface area contributed by atoms with Crippen LogP contribution in [-0.2, 0) is 27.7 Å². The number of hydrogen-bond acceptors (Lipinski definition) is 7. The van der Waals surface area contributed by atoms with Crippen LogP contribution in [0.15, 0.2) is 29.2 Å². The van der Waals surface area contributed by atoms with Gasteiger partial charge in [-0.05, 0) is 56.6 Å². The predicted octanol–water partition coefficient (Wildman–Crippen LogP) is 2.50. The topological polar surface area (TPSA) is 108 Å². The van der Waals surface area contributed by atoms with E-state index in [2.05, 4.69) is 22.5 Å². The van der Waals surface area contributed by atoms with E-state index in [0.717, 1.165) is 36.5 Å². The summed E-state index contributed by atoms with van der Waals surface area (Å²) < 4.78 is 32.7. The van der Waals surface area contributed by atoms with Crippen molar-refractivity contribution < 1.29 is 22.7 Å². The summed E-state index contributed by atoms with van der Waals surface area (Å²) in [6, 6.07) is 5.82. The Morgan fingerprint density at radius 2 is 1.88 bits per heavy atom. The Kier molecular flexibility index (Phi) is 6.85. The van der Waals surface area contributed by atoms with Crippen LogP contribution in [0.25, 0.3) is 0 Å². The van der Waals surface area contributed by atoms with Crippen LogP contribution in [0, 0.1) is 0 Å². The van der Waals surface area contributed by atoms with Gasteiger partial charge in [-0.2, -0.15) is 4.31 Å². The molecule has 184 valence electrons. The van der Waals surface area contributed by atoms with E-state index in [1.807, 2.05) is 13.8 Å². The number of benzene rings is 1. The van der Waals surface area contributed by atoms with E-state index >= 15 is 0 Å². The largest absolute Gasteiger partial charge is 0.363 e. The molecular weight excluding hydrogens is 476 g/mol. The number of sulfonamides is 1. The molecule has 0 aliphatic carbocycles. The molecule has 2 aromatic rings. The van der Waals surface area contributed by atoms with Crippen molar-refractivity contribution in [2.75, 3.05) is 38.8 Å². The highest BCUT2D eigenvalue weighted by Crippen LogP contribution is 2.37. The van der Waals surface area contributed by atoms with E-state index in [1.54, 1.807) is 7.05 Å². The molecule has 34 heavy (non-hydrogen) atoms. The molecule has 2 aliphatic heterocycles. The van der Waals surface area contributed by atoms with E-state index in [0.29, 0.717) is 22.7 Å². The van der Waals surface area contributed by atoms with Gasteiger partial charge in [0, 0.05) is 30.6 Å². The monoisotopic (exact) mass is 506 g/mol. The summed E-state index contributed by atoms with van der Waals surface area (Å²) >= 11 is 1.42. The first-order valence-corrected chi connectivity index (χ1v) is 13.4. The quantitative estimate of drug-likeness (QED) is 0.623. The van der Waals surface area contributed by atoms with Crippen LogP contribution in [0.1, 0.15) is 51.9 Å². The van der Waals surface area contributed by atoms with Gasteiger partial charge in [0.05, 0.1) is 22.6 Å². The second-order valence-corrected chi connectivity index (χ2v) is 12.0. The first-order chi connectivity index (χ1) is 16.1. The third-order valence-corrected chi connectivity index (χ3v) is 9.49. The van der Waals surface area contributed by atoms with E-state index in [1.165, 1.54) is 39.9 Å². The molecule has 9 nitrogen and oxygen atoms in total. The number of rotatable bonds is 6. The van der Waals surface area contributed by atoms with Crippen molar-refractivity contribution >= 4 is 38.2 Å². The average Bonchev–Trinajstić information content (AvgIpc) is 3.37. The molecule has 0 atom stereocenters. The fraction of sp³-hybridized carbons (Fsp3) is 0.478. The Bertz CT molecular complexity index is 1200. The number of thiophene rings is 1. The van der Waals surface area contributed by atoms with Gasteiger partial charge in [0.15, 0.2) is 0 Å². The molecule has 0 radical (unpaired) electrons. The lowest BCUT2D eigenvalue weighted by atomic mass is 10.0. The highest BCUT2D eigenvalue weighted by atomic mass is 32.2. The summed E-state index contributed by atoms with van der Waals surface area (Å²) in [4.78, 5) is 29.1. The van der Waals surface area contributed by atoms with Crippen LogP contribution < -0.4 is 10.6 Å². The zero-order valence-electron chi connectivity index (χ0n) is 19.8. The average molecular weight is 507 g/mol. The van der Waals surface area contributed by atoms with Crippen molar-refractivity contribution in [1.29, 1.82) is 0 Å². The number of nitrogens with zero attached hydrogens (tertiary/aromatic N) is 2. The fourth-order valence-electron chi connectivity index (χ4n) is 4.28. The smallest absolute Gasteiger partial charge is 0.256 e. The molecule has 0 saturated carbocycles. The zero-order valence-corrected chi connectivity index (χ0v) is 21.4. The van der Waals surface area contributed by atoms with Gasteiger partial charge in [-0.1, -0.05) is 6.92 Å². The summed E-state index contributed by atoms with van der Waals surface area (Å²) in [6.07, 6.45) is 0.751. The van der Waals surface area contributed by atoms with Gasteiger partial charge < -0.3 is 15.4 Å². The molecule has 1 fully saturated rings. The summed E-state index contributed by atoms with van der Waals surface area (Å²) in [5.41, 5.74) is 1.17. The number of carbonyl (C=O) groups is 2. The number of fused-ring (bicyclic) bond motifs is 1. The van der Waals surface area contributed by atoms with E-state index in [-0.39, 0.29) is 17.5 Å². The summed E-state index contributed by atoms with van der Waals surface area (Å²) in [6.45, 7) is 8.58. The van der Waals surface area contributed by atoms with Crippen LogP contribution in [0.5, 0.6) is 0 Å². The Morgan fingerprint density at radius 1 is 1.18 bits per heavy atom. The van der Waals surface area contributed by atoms with Crippen LogP contribution >= 0.6 is 11.3 Å². The number of anilines is 1. The number of nitrogens with one attached hydrogen (secondary N) is 2. The third kappa shape index (κ3) is 4.50. The lowest BCUT2D eigenvalue weighted by molar-refractivity contribution is 0.0962. The Balaban J connectivity index is 1.57. The van der Waals surface area contributed by atoms with Crippen molar-refractivity contribution in [3.8, 4) is 0 Å². The van der Waals surface area contributed by atoms with Gasteiger partial charge in [0.1, 0.15) is 11.7 Å². The highest BCUT2D eigenvalue weighted by molar-refractivity contribution is 7.89. The van der Waals surface area contributed by atoms with E-state index in [9.17, 15) is 18.0 Å². The summed E-state index contributed by atoms with van der Waals surface area (Å²) in [5, 5.41) is 6.07. The molecule has 2 aliphatic rings. The molecule has 2 amide bonds. The molecule has 11 heteroatoms. The minimum absolute atomic E-state index is 0.00164. The van der Waals surface area contributed by atoms with Crippen LogP contribution in [0.2, 0.25) is 0 Å². The van der Waals surface area contributed by atoms with E-state index in [4.69, 9.17) is 4.74 Å². The molecule has 1 aromatic carbocycles. The maximum absolute atomic E-state index is 13.0. The minimum atomic E-state index is -3.76. The molecular formula is C23H30N4O5S2. The van der Waals surface area contributed by atoms with Crippen molar-refractivity contribution in [2.45, 2.75) is 44.2 Å². The van der Waals surface area contributed by atoms with E-state index < -0.39 is 21.5 Å². The molecule has 1 aromatic heterocycles. The maximum atomic E-state index is 13.0. The molecule has 4 rings (SSSR count).